The van der Waals surface area contributed by atoms with E-state index < -0.39 is 64.6 Å². The highest BCUT2D eigenvalue weighted by molar-refractivity contribution is 7.91. The van der Waals surface area contributed by atoms with E-state index >= 15 is 0 Å². The van der Waals surface area contributed by atoms with Crippen molar-refractivity contribution in [3.05, 3.63) is 53.5 Å². The van der Waals surface area contributed by atoms with Crippen molar-refractivity contribution in [3.63, 3.8) is 0 Å². The maximum atomic E-state index is 14.7. The number of piperidine rings is 1. The number of likely N-dealkylation sites (tertiary alicyclic amines) is 1. The number of halogens is 4. The van der Waals surface area contributed by atoms with Gasteiger partial charge < -0.3 is 24.7 Å². The van der Waals surface area contributed by atoms with Gasteiger partial charge in [-0.2, -0.15) is 13.2 Å². The van der Waals surface area contributed by atoms with Gasteiger partial charge in [-0.1, -0.05) is 11.8 Å². The third kappa shape index (κ3) is 7.36. The molecule has 1 saturated carbocycles. The summed E-state index contributed by atoms with van der Waals surface area (Å²) in [6.45, 7) is 0.693. The van der Waals surface area contributed by atoms with Crippen molar-refractivity contribution in [2.24, 2.45) is 0 Å². The second-order valence-corrected chi connectivity index (χ2v) is 12.7. The van der Waals surface area contributed by atoms with E-state index in [-0.39, 0.29) is 30.0 Å². The number of ether oxygens (including phenoxy) is 1. The Kier molecular flexibility index (Phi) is 7.83. The van der Waals surface area contributed by atoms with E-state index in [4.69, 9.17) is 8.85 Å². The molecule has 1 amide bonds. The number of fused-ring (bicyclic) bond motifs is 1. The molecule has 4 heterocycles. The van der Waals surface area contributed by atoms with E-state index in [1.165, 1.54) is 22.7 Å². The number of carbonyl (C=O) groups excluding carboxylic acids is 1. The molecule has 10 nitrogen and oxygen atoms in total. The number of amides is 1. The normalized spacial score (nSPS) is 20.5. The molecule has 1 aliphatic heterocycles. The van der Waals surface area contributed by atoms with Crippen molar-refractivity contribution in [2.45, 2.75) is 49.3 Å². The van der Waals surface area contributed by atoms with Gasteiger partial charge in [0.25, 0.3) is 5.91 Å². The first-order valence-electron chi connectivity index (χ1n) is 15.3. The van der Waals surface area contributed by atoms with Crippen LogP contribution in [0.4, 0.5) is 28.9 Å². The van der Waals surface area contributed by atoms with Crippen LogP contribution in [-0.2, 0) is 16.4 Å². The fraction of sp³-hybridized carbons (Fsp3) is 0.448. The number of alkyl halides is 4. The third-order valence-electron chi connectivity index (χ3n) is 7.35. The summed E-state index contributed by atoms with van der Waals surface area (Å²) in [7, 11) is -5.06. The molecule has 5 rings (SSSR count). The van der Waals surface area contributed by atoms with E-state index in [0.717, 1.165) is 6.07 Å². The molecule has 1 aliphatic carbocycles. The first-order chi connectivity index (χ1) is 22.0. The highest BCUT2D eigenvalue weighted by Gasteiger charge is 2.37. The molecule has 0 bridgehead atoms. The summed E-state index contributed by atoms with van der Waals surface area (Å²) < 4.78 is 110. The Hall–Kier alpha value is -4.03. The first kappa shape index (κ1) is 27.5. The maximum absolute atomic E-state index is 14.7. The lowest BCUT2D eigenvalue weighted by atomic mass is 10.0. The summed E-state index contributed by atoms with van der Waals surface area (Å²) in [5.74, 6) is 3.85. The predicted octanol–water partition coefficient (Wildman–Crippen LogP) is 3.59. The van der Waals surface area contributed by atoms with E-state index in [0.29, 0.717) is 37.0 Å². The van der Waals surface area contributed by atoms with Gasteiger partial charge in [0.1, 0.15) is 11.9 Å². The van der Waals surface area contributed by atoms with Gasteiger partial charge >= 0.3 is 6.18 Å². The van der Waals surface area contributed by atoms with Crippen LogP contribution in [-0.4, -0.2) is 86.0 Å². The molecule has 2 fully saturated rings. The number of nitrogens with one attached hydrogen (secondary N) is 3. The minimum Gasteiger partial charge on any atom is -0.480 e. The Morgan fingerprint density at radius 1 is 1.23 bits per heavy atom. The van der Waals surface area contributed by atoms with Crippen LogP contribution in [0.15, 0.2) is 36.5 Å². The number of hydrogen-bond donors (Lipinski definition) is 3. The number of methoxy groups -OCH3 is 1. The Morgan fingerprint density at radius 3 is 2.73 bits per heavy atom. The second kappa shape index (κ2) is 12.5. The van der Waals surface area contributed by atoms with Gasteiger partial charge in [0.2, 0.25) is 15.9 Å². The predicted molar refractivity (Wildman–Crippen MR) is 157 cm³/mol. The lowest BCUT2D eigenvalue weighted by Crippen LogP contribution is -2.46. The van der Waals surface area contributed by atoms with Crippen LogP contribution in [0, 0.1) is 11.8 Å². The molecule has 0 spiro atoms. The molecule has 3 N–H and O–H groups in total. The van der Waals surface area contributed by atoms with Crippen LogP contribution < -0.4 is 20.1 Å². The molecule has 2 atom stereocenters. The zero-order valence-electron chi connectivity index (χ0n) is 26.5. The van der Waals surface area contributed by atoms with Crippen LogP contribution in [0.3, 0.4) is 0 Å². The average molecular weight is 640 g/mol. The van der Waals surface area contributed by atoms with Crippen molar-refractivity contribution in [1.29, 1.82) is 0 Å². The van der Waals surface area contributed by atoms with Gasteiger partial charge in [-0.25, -0.2) is 22.5 Å². The standard InChI is InChI=1S/C29H32F4N6O4S/c1-38-14-11-21(20(30)17-38)35-22-6-4-13-39-25(22)15-18(26(39)16-29(31,32)33)5-3-12-34-24-10-9-23(36-28(24)43-2)27(40)37-44(41,42)19-7-8-19/h4,6,9-10,13,15,19-21,34-35H,7-8,11-12,14,16-17H2,1-2H3,(H,37,40)/t20-,21+/m0/s1/i2D3. The van der Waals surface area contributed by atoms with E-state index in [1.807, 2.05) is 16.7 Å². The maximum Gasteiger partial charge on any atom is 0.394 e. The molecule has 236 valence electrons. The summed E-state index contributed by atoms with van der Waals surface area (Å²) in [5.41, 5.74) is 0.398. The number of pyridine rings is 2. The molecule has 15 heteroatoms. The van der Waals surface area contributed by atoms with Crippen molar-refractivity contribution in [2.75, 3.05) is 44.4 Å². The van der Waals surface area contributed by atoms with E-state index in [9.17, 15) is 30.8 Å². The monoisotopic (exact) mass is 639 g/mol. The molecule has 2 aliphatic rings. The molecular weight excluding hydrogens is 604 g/mol. The molecule has 0 radical (unpaired) electrons. The lowest BCUT2D eigenvalue weighted by molar-refractivity contribution is -0.128. The quantitative estimate of drug-likeness (QED) is 0.240. The molecule has 3 aromatic heterocycles. The minimum atomic E-state index is -4.55. The largest absolute Gasteiger partial charge is 0.480 e. The Bertz CT molecular complexity index is 1820. The highest BCUT2D eigenvalue weighted by Crippen LogP contribution is 2.31. The van der Waals surface area contributed by atoms with Crippen LogP contribution in [0.2, 0.25) is 0 Å². The fourth-order valence-electron chi connectivity index (χ4n) is 4.97. The number of sulfonamides is 1. The summed E-state index contributed by atoms with van der Waals surface area (Å²) in [5, 5.41) is 5.25. The van der Waals surface area contributed by atoms with Gasteiger partial charge in [-0.05, 0) is 56.6 Å². The smallest absolute Gasteiger partial charge is 0.394 e. The number of hydrogen-bond acceptors (Lipinski definition) is 8. The zero-order valence-corrected chi connectivity index (χ0v) is 24.4. The van der Waals surface area contributed by atoms with Crippen molar-refractivity contribution >= 4 is 32.8 Å². The average Bonchev–Trinajstić information content (AvgIpc) is 3.77. The van der Waals surface area contributed by atoms with Gasteiger partial charge in [-0.15, -0.1) is 0 Å². The number of aromatic nitrogens is 2. The Morgan fingerprint density at radius 2 is 2.02 bits per heavy atom. The molecule has 0 aromatic carbocycles. The third-order valence-corrected chi connectivity index (χ3v) is 9.17. The molecule has 44 heavy (non-hydrogen) atoms. The zero-order chi connectivity index (χ0) is 34.1. The highest BCUT2D eigenvalue weighted by atomic mass is 32.2. The van der Waals surface area contributed by atoms with Crippen LogP contribution >= 0.6 is 0 Å². The van der Waals surface area contributed by atoms with Gasteiger partial charge in [-0.3, -0.25) is 4.79 Å². The second-order valence-electron chi connectivity index (χ2n) is 10.8. The summed E-state index contributed by atoms with van der Waals surface area (Å²) in [6.07, 6.45) is -4.17. The topological polar surface area (TPSA) is 117 Å². The van der Waals surface area contributed by atoms with Crippen LogP contribution in [0.5, 0.6) is 5.88 Å². The van der Waals surface area contributed by atoms with Crippen LogP contribution in [0.25, 0.3) is 5.52 Å². The summed E-state index contributed by atoms with van der Waals surface area (Å²) in [4.78, 5) is 18.3. The summed E-state index contributed by atoms with van der Waals surface area (Å²) >= 11 is 0. The van der Waals surface area contributed by atoms with Gasteiger partial charge in [0.15, 0.2) is 0 Å². The van der Waals surface area contributed by atoms with Gasteiger partial charge in [0, 0.05) is 30.5 Å². The molecule has 0 unspecified atom stereocenters. The number of carbonyl (C=O) groups is 1. The number of nitrogens with zero attached hydrogens (tertiary/aromatic N) is 3. The number of rotatable bonds is 9. The SMILES string of the molecule is [2H]C([2H])([2H])Oc1nc(C(=O)NS(=O)(=O)C2CC2)ccc1NCC#Cc1cc2c(N[C@@H]3CCN(C)C[C@@H]3F)cccn2c1CC(F)(F)F. The molecule has 1 saturated heterocycles. The van der Waals surface area contributed by atoms with Crippen molar-refractivity contribution in [1.82, 2.24) is 19.0 Å². The minimum absolute atomic E-state index is 0.0139. The first-order valence-corrected chi connectivity index (χ1v) is 15.3. The molecule has 3 aromatic rings. The van der Waals surface area contributed by atoms with Crippen molar-refractivity contribution in [3.8, 4) is 17.7 Å². The van der Waals surface area contributed by atoms with Gasteiger partial charge in [0.05, 0.1) is 52.3 Å². The van der Waals surface area contributed by atoms with E-state index in [1.54, 1.807) is 12.1 Å². The lowest BCUT2D eigenvalue weighted by Gasteiger charge is -2.33. The molecular formula is C29H32F4N6O4S. The Labute approximate surface area is 256 Å². The summed E-state index contributed by atoms with van der Waals surface area (Å²) in [6, 6.07) is 6.61. The number of anilines is 2. The van der Waals surface area contributed by atoms with Crippen LogP contribution in [0.1, 0.15) is 45.1 Å². The Balaban J connectivity index is 1.38. The van der Waals surface area contributed by atoms with E-state index in [2.05, 4.69) is 27.5 Å². The van der Waals surface area contributed by atoms with Crippen molar-refractivity contribution < 1.29 is 39.6 Å². The fourth-order valence-corrected chi connectivity index (χ4v) is 6.26.